The quantitative estimate of drug-likeness (QED) is 0.466. The Kier molecular flexibility index (Phi) is 10.6. The molecule has 0 aromatic rings. The van der Waals surface area contributed by atoms with Crippen molar-refractivity contribution in [3.63, 3.8) is 0 Å². The first-order valence-corrected chi connectivity index (χ1v) is 10.2. The third-order valence-electron chi connectivity index (χ3n) is 3.16. The summed E-state index contributed by atoms with van der Waals surface area (Å²) in [6.07, 6.45) is -0.961. The van der Waals surface area contributed by atoms with Gasteiger partial charge in [-0.25, -0.2) is 13.2 Å². The molecule has 0 atom stereocenters. The number of carboxylic acid groups (broad SMARTS) is 1. The molecule has 0 heterocycles. The van der Waals surface area contributed by atoms with Crippen LogP contribution in [0, 0.1) is 0 Å². The Morgan fingerprint density at radius 2 is 1.44 bits per heavy atom. The average Bonchev–Trinajstić information content (AvgIpc) is 2.41. The molecule has 0 aliphatic heterocycles. The Hall–Kier alpha value is -0.900. The molecule has 0 rings (SSSR count). The first-order chi connectivity index (χ1) is 11.3. The van der Waals surface area contributed by atoms with E-state index < -0.39 is 21.5 Å². The SMILES string of the molecule is CC(C)(CCS(=O)(=O)CCOCCOCCOC(C)(C)C)NC(=O)O. The summed E-state index contributed by atoms with van der Waals surface area (Å²) < 4.78 is 39.9. The number of carbonyl (C=O) groups is 1. The molecule has 0 fully saturated rings. The van der Waals surface area contributed by atoms with E-state index in [9.17, 15) is 13.2 Å². The van der Waals surface area contributed by atoms with Crippen LogP contribution in [0.3, 0.4) is 0 Å². The Balaban J connectivity index is 3.74. The van der Waals surface area contributed by atoms with Crippen molar-refractivity contribution in [3.8, 4) is 0 Å². The molecule has 0 saturated carbocycles. The molecule has 0 aromatic carbocycles. The molecule has 0 aliphatic carbocycles. The Labute approximate surface area is 151 Å². The van der Waals surface area contributed by atoms with E-state index in [0.717, 1.165) is 0 Å². The summed E-state index contributed by atoms with van der Waals surface area (Å²) in [4.78, 5) is 10.6. The molecule has 0 radical (unpaired) electrons. The molecular weight excluding hydrogens is 350 g/mol. The number of sulfone groups is 1. The van der Waals surface area contributed by atoms with Gasteiger partial charge in [0.05, 0.1) is 50.1 Å². The highest BCUT2D eigenvalue weighted by molar-refractivity contribution is 7.91. The molecule has 0 unspecified atom stereocenters. The molecule has 2 N–H and O–H groups in total. The summed E-state index contributed by atoms with van der Waals surface area (Å²) in [6.45, 7) is 10.9. The van der Waals surface area contributed by atoms with Crippen LogP contribution in [0.15, 0.2) is 0 Å². The molecule has 150 valence electrons. The van der Waals surface area contributed by atoms with Gasteiger partial charge in [0.1, 0.15) is 0 Å². The van der Waals surface area contributed by atoms with Crippen molar-refractivity contribution in [1.29, 1.82) is 0 Å². The van der Waals surface area contributed by atoms with Gasteiger partial charge in [-0.3, -0.25) is 0 Å². The van der Waals surface area contributed by atoms with E-state index in [2.05, 4.69) is 5.32 Å². The molecule has 9 heteroatoms. The topological polar surface area (TPSA) is 111 Å². The van der Waals surface area contributed by atoms with Crippen molar-refractivity contribution >= 4 is 15.9 Å². The van der Waals surface area contributed by atoms with Crippen LogP contribution in [0.1, 0.15) is 41.0 Å². The lowest BCUT2D eigenvalue weighted by atomic mass is 10.0. The maximum absolute atomic E-state index is 11.9. The summed E-state index contributed by atoms with van der Waals surface area (Å²) in [7, 11) is -3.29. The van der Waals surface area contributed by atoms with E-state index in [-0.39, 0.29) is 30.1 Å². The van der Waals surface area contributed by atoms with Gasteiger partial charge < -0.3 is 24.6 Å². The summed E-state index contributed by atoms with van der Waals surface area (Å²) in [5.41, 5.74) is -0.981. The molecule has 0 spiro atoms. The largest absolute Gasteiger partial charge is 0.465 e. The number of hydrogen-bond donors (Lipinski definition) is 2. The van der Waals surface area contributed by atoms with Gasteiger partial charge in [0, 0.05) is 5.54 Å². The normalized spacial score (nSPS) is 13.0. The highest BCUT2D eigenvalue weighted by Gasteiger charge is 2.23. The van der Waals surface area contributed by atoms with Crippen molar-refractivity contribution in [2.45, 2.75) is 52.2 Å². The second kappa shape index (κ2) is 10.9. The third-order valence-corrected chi connectivity index (χ3v) is 4.77. The Bertz CT molecular complexity index is 483. The average molecular weight is 384 g/mol. The second-order valence-electron chi connectivity index (χ2n) is 7.40. The van der Waals surface area contributed by atoms with Crippen molar-refractivity contribution in [2.24, 2.45) is 0 Å². The predicted molar refractivity (Wildman–Crippen MR) is 95.9 cm³/mol. The van der Waals surface area contributed by atoms with Gasteiger partial charge >= 0.3 is 6.09 Å². The first-order valence-electron chi connectivity index (χ1n) is 8.34. The van der Waals surface area contributed by atoms with Crippen molar-refractivity contribution in [2.75, 3.05) is 44.5 Å². The van der Waals surface area contributed by atoms with E-state index in [4.69, 9.17) is 19.3 Å². The monoisotopic (exact) mass is 383 g/mol. The van der Waals surface area contributed by atoms with Gasteiger partial charge in [0.25, 0.3) is 0 Å². The second-order valence-corrected chi connectivity index (χ2v) is 9.71. The lowest BCUT2D eigenvalue weighted by Crippen LogP contribution is -2.44. The summed E-state index contributed by atoms with van der Waals surface area (Å²) >= 11 is 0. The van der Waals surface area contributed by atoms with Crippen LogP contribution in [-0.2, 0) is 24.0 Å². The number of nitrogens with one attached hydrogen (secondary N) is 1. The molecular formula is C16H33NO7S. The minimum atomic E-state index is -3.29. The zero-order valence-electron chi connectivity index (χ0n) is 16.0. The number of rotatable bonds is 13. The van der Waals surface area contributed by atoms with Crippen LogP contribution in [0.25, 0.3) is 0 Å². The first kappa shape index (κ1) is 24.1. The zero-order chi connectivity index (χ0) is 19.6. The van der Waals surface area contributed by atoms with Crippen LogP contribution in [-0.4, -0.2) is 75.3 Å². The fourth-order valence-corrected chi connectivity index (χ4v) is 3.18. The fourth-order valence-electron chi connectivity index (χ4n) is 1.78. The van der Waals surface area contributed by atoms with E-state index >= 15 is 0 Å². The fraction of sp³-hybridized carbons (Fsp3) is 0.938. The van der Waals surface area contributed by atoms with Crippen LogP contribution >= 0.6 is 0 Å². The van der Waals surface area contributed by atoms with Crippen molar-refractivity contribution in [1.82, 2.24) is 5.32 Å². The van der Waals surface area contributed by atoms with Crippen molar-refractivity contribution in [3.05, 3.63) is 0 Å². The smallest absolute Gasteiger partial charge is 0.405 e. The highest BCUT2D eigenvalue weighted by Crippen LogP contribution is 2.10. The number of amides is 1. The maximum atomic E-state index is 11.9. The molecule has 8 nitrogen and oxygen atoms in total. The predicted octanol–water partition coefficient (Wildman–Crippen LogP) is 1.69. The standard InChI is InChI=1S/C16H33NO7S/c1-15(2,3)24-10-9-22-7-8-23-11-13-25(20,21)12-6-16(4,5)17-14(18)19/h17H,6-13H2,1-5H3,(H,18,19). The highest BCUT2D eigenvalue weighted by atomic mass is 32.2. The Morgan fingerprint density at radius 1 is 0.920 bits per heavy atom. The minimum absolute atomic E-state index is 0.0930. The molecule has 0 aromatic heterocycles. The third kappa shape index (κ3) is 16.3. The van der Waals surface area contributed by atoms with E-state index in [1.165, 1.54) is 0 Å². The van der Waals surface area contributed by atoms with Gasteiger partial charge in [-0.1, -0.05) is 0 Å². The van der Waals surface area contributed by atoms with Crippen molar-refractivity contribution < 1.29 is 32.5 Å². The van der Waals surface area contributed by atoms with Gasteiger partial charge in [-0.15, -0.1) is 0 Å². The van der Waals surface area contributed by atoms with Crippen LogP contribution < -0.4 is 5.32 Å². The number of hydrogen-bond acceptors (Lipinski definition) is 6. The van der Waals surface area contributed by atoms with Gasteiger partial charge in [-0.2, -0.15) is 0 Å². The molecule has 0 aliphatic rings. The van der Waals surface area contributed by atoms with Crippen LogP contribution in [0.5, 0.6) is 0 Å². The Morgan fingerprint density at radius 3 is 1.96 bits per heavy atom. The molecule has 0 saturated heterocycles. The van der Waals surface area contributed by atoms with Gasteiger partial charge in [-0.05, 0) is 41.0 Å². The molecule has 25 heavy (non-hydrogen) atoms. The molecule has 0 bridgehead atoms. The van der Waals surface area contributed by atoms with Crippen LogP contribution in [0.2, 0.25) is 0 Å². The maximum Gasteiger partial charge on any atom is 0.405 e. The number of ether oxygens (including phenoxy) is 3. The van der Waals surface area contributed by atoms with E-state index in [1.807, 2.05) is 20.8 Å². The minimum Gasteiger partial charge on any atom is -0.465 e. The summed E-state index contributed by atoms with van der Waals surface area (Å²) in [6, 6.07) is 0. The van der Waals surface area contributed by atoms with Gasteiger partial charge in [0.2, 0.25) is 0 Å². The van der Waals surface area contributed by atoms with Gasteiger partial charge in [0.15, 0.2) is 9.84 Å². The van der Waals surface area contributed by atoms with E-state index in [1.54, 1.807) is 13.8 Å². The lowest BCUT2D eigenvalue weighted by Gasteiger charge is -2.24. The van der Waals surface area contributed by atoms with E-state index in [0.29, 0.717) is 26.4 Å². The lowest BCUT2D eigenvalue weighted by molar-refractivity contribution is -0.0418. The zero-order valence-corrected chi connectivity index (χ0v) is 16.8. The van der Waals surface area contributed by atoms with Crippen LogP contribution in [0.4, 0.5) is 4.79 Å². The molecule has 1 amide bonds. The summed E-state index contributed by atoms with van der Waals surface area (Å²) in [5, 5.41) is 11.0. The summed E-state index contributed by atoms with van der Waals surface area (Å²) in [5.74, 6) is -0.187.